The van der Waals surface area contributed by atoms with Crippen LogP contribution in [-0.2, 0) is 9.59 Å². The van der Waals surface area contributed by atoms with E-state index in [1.54, 1.807) is 37.9 Å². The van der Waals surface area contributed by atoms with Gasteiger partial charge in [0, 0.05) is 17.7 Å². The molecule has 2 aromatic carbocycles. The molecule has 1 saturated carbocycles. The number of carbonyl (C=O) groups excluding carboxylic acids is 2. The van der Waals surface area contributed by atoms with Crippen LogP contribution in [-0.4, -0.2) is 37.3 Å². The monoisotopic (exact) mass is 408 g/mol. The predicted octanol–water partition coefficient (Wildman–Crippen LogP) is 3.04. The number of carbonyl (C=O) groups is 2. The van der Waals surface area contributed by atoms with Gasteiger partial charge in [0.2, 0.25) is 0 Å². The number of nitrogens with one attached hydrogen (secondary N) is 2. The first kappa shape index (κ1) is 21.1. The second-order valence-corrected chi connectivity index (χ2v) is 6.85. The minimum atomic E-state index is -0.605. The number of amides is 2. The van der Waals surface area contributed by atoms with Crippen molar-refractivity contribution in [1.29, 1.82) is 0 Å². The topological polar surface area (TPSA) is 96.9 Å². The zero-order chi connectivity index (χ0) is 21.5. The van der Waals surface area contributed by atoms with Gasteiger partial charge in [-0.25, -0.2) is 5.48 Å². The van der Waals surface area contributed by atoms with Crippen LogP contribution in [0.15, 0.2) is 48.5 Å². The van der Waals surface area contributed by atoms with E-state index in [4.69, 9.17) is 14.7 Å². The third kappa shape index (κ3) is 5.48. The summed E-state index contributed by atoms with van der Waals surface area (Å²) in [6, 6.07) is 12.9. The van der Waals surface area contributed by atoms with Crippen LogP contribution >= 0.6 is 0 Å². The maximum absolute atomic E-state index is 12.9. The van der Waals surface area contributed by atoms with E-state index in [-0.39, 0.29) is 11.9 Å². The smallest absolute Gasteiger partial charge is 0.267 e. The molecule has 0 radical (unpaired) electrons. The molecule has 3 rings (SSSR count). The Hall–Kier alpha value is -3.58. The van der Waals surface area contributed by atoms with Crippen LogP contribution in [0.4, 0.5) is 0 Å². The Bertz CT molecular complexity index is 976. The fourth-order valence-corrected chi connectivity index (χ4v) is 2.85. The van der Waals surface area contributed by atoms with E-state index in [1.165, 1.54) is 6.08 Å². The molecule has 0 saturated heterocycles. The van der Waals surface area contributed by atoms with Crippen LogP contribution in [0.25, 0.3) is 17.7 Å². The number of rotatable bonds is 8. The Morgan fingerprint density at radius 3 is 2.27 bits per heavy atom. The van der Waals surface area contributed by atoms with Crippen molar-refractivity contribution in [3.05, 3.63) is 65.2 Å². The van der Waals surface area contributed by atoms with Gasteiger partial charge in [-0.3, -0.25) is 14.8 Å². The van der Waals surface area contributed by atoms with Gasteiger partial charge in [0.1, 0.15) is 0 Å². The van der Waals surface area contributed by atoms with Crippen molar-refractivity contribution in [2.45, 2.75) is 18.9 Å². The van der Waals surface area contributed by atoms with Crippen molar-refractivity contribution < 1.29 is 24.3 Å². The summed E-state index contributed by atoms with van der Waals surface area (Å²) in [7, 11) is 3.12. The lowest BCUT2D eigenvalue weighted by atomic mass is 10.0. The second kappa shape index (κ2) is 9.76. The van der Waals surface area contributed by atoms with Crippen molar-refractivity contribution in [2.24, 2.45) is 0 Å². The van der Waals surface area contributed by atoms with E-state index in [1.807, 2.05) is 36.4 Å². The second-order valence-electron chi connectivity index (χ2n) is 6.85. The molecule has 7 nitrogen and oxygen atoms in total. The van der Waals surface area contributed by atoms with Gasteiger partial charge in [0.15, 0.2) is 11.5 Å². The number of hydrogen-bond acceptors (Lipinski definition) is 5. The first-order chi connectivity index (χ1) is 14.5. The molecule has 0 unspecified atom stereocenters. The highest BCUT2D eigenvalue weighted by atomic mass is 16.5. The molecule has 0 spiro atoms. The standard InChI is InChI=1S/C23H24N2O5/c1-29-20-11-8-17(14-21(20)30-2)19(23(27)24-18-9-10-18)13-16-5-3-15(4-6-16)7-12-22(26)25-28/h3-8,11-14,18,28H,9-10H2,1-2H3,(H,24,27)(H,25,26)/b12-7+,19-13-. The van der Waals surface area contributed by atoms with Crippen LogP contribution in [0.5, 0.6) is 11.5 Å². The summed E-state index contributed by atoms with van der Waals surface area (Å²) in [6.45, 7) is 0. The van der Waals surface area contributed by atoms with Crippen molar-refractivity contribution in [1.82, 2.24) is 10.8 Å². The molecule has 2 aromatic rings. The number of hydroxylamine groups is 1. The first-order valence-electron chi connectivity index (χ1n) is 9.51. The zero-order valence-electron chi connectivity index (χ0n) is 16.8. The normalized spacial score (nSPS) is 13.8. The molecule has 3 N–H and O–H groups in total. The minimum Gasteiger partial charge on any atom is -0.493 e. The molecule has 2 amide bonds. The summed E-state index contributed by atoms with van der Waals surface area (Å²) >= 11 is 0. The van der Waals surface area contributed by atoms with Gasteiger partial charge in [-0.15, -0.1) is 0 Å². The van der Waals surface area contributed by atoms with Gasteiger partial charge in [-0.1, -0.05) is 30.3 Å². The van der Waals surface area contributed by atoms with Gasteiger partial charge in [-0.05, 0) is 53.8 Å². The molecule has 0 atom stereocenters. The van der Waals surface area contributed by atoms with Crippen molar-refractivity contribution in [3.8, 4) is 11.5 Å². The fraction of sp³-hybridized carbons (Fsp3) is 0.217. The Balaban J connectivity index is 1.92. The summed E-state index contributed by atoms with van der Waals surface area (Å²) in [6.07, 6.45) is 6.60. The van der Waals surface area contributed by atoms with Crippen LogP contribution in [0.3, 0.4) is 0 Å². The molecule has 156 valence electrons. The number of methoxy groups -OCH3 is 2. The summed E-state index contributed by atoms with van der Waals surface area (Å²) in [5.74, 6) is 0.383. The van der Waals surface area contributed by atoms with Crippen LogP contribution < -0.4 is 20.3 Å². The number of benzene rings is 2. The van der Waals surface area contributed by atoms with Crippen molar-refractivity contribution >= 4 is 29.5 Å². The molecule has 0 aromatic heterocycles. The van der Waals surface area contributed by atoms with Crippen LogP contribution in [0, 0.1) is 0 Å². The quantitative estimate of drug-likeness (QED) is 0.270. The summed E-state index contributed by atoms with van der Waals surface area (Å²) < 4.78 is 10.7. The summed E-state index contributed by atoms with van der Waals surface area (Å²) in [5.41, 5.74) is 4.39. The average molecular weight is 408 g/mol. The molecule has 30 heavy (non-hydrogen) atoms. The fourth-order valence-electron chi connectivity index (χ4n) is 2.85. The number of ether oxygens (including phenoxy) is 2. The van der Waals surface area contributed by atoms with E-state index in [9.17, 15) is 9.59 Å². The van der Waals surface area contributed by atoms with E-state index >= 15 is 0 Å². The van der Waals surface area contributed by atoms with Crippen molar-refractivity contribution in [3.63, 3.8) is 0 Å². The lowest BCUT2D eigenvalue weighted by Gasteiger charge is -2.13. The van der Waals surface area contributed by atoms with Crippen LogP contribution in [0.1, 0.15) is 29.5 Å². The van der Waals surface area contributed by atoms with E-state index in [2.05, 4.69) is 5.32 Å². The maximum atomic E-state index is 12.9. The van der Waals surface area contributed by atoms with Gasteiger partial charge in [-0.2, -0.15) is 0 Å². The highest BCUT2D eigenvalue weighted by Crippen LogP contribution is 2.32. The lowest BCUT2D eigenvalue weighted by molar-refractivity contribution is -0.124. The third-order valence-corrected chi connectivity index (χ3v) is 4.64. The molecular weight excluding hydrogens is 384 g/mol. The summed E-state index contributed by atoms with van der Waals surface area (Å²) in [5, 5.41) is 11.6. The molecule has 1 aliphatic rings. The predicted molar refractivity (Wildman–Crippen MR) is 114 cm³/mol. The Kier molecular flexibility index (Phi) is 6.87. The highest BCUT2D eigenvalue weighted by Gasteiger charge is 2.25. The molecule has 1 fully saturated rings. The molecule has 0 bridgehead atoms. The first-order valence-corrected chi connectivity index (χ1v) is 9.51. The van der Waals surface area contributed by atoms with Gasteiger partial charge in [0.25, 0.3) is 11.8 Å². The minimum absolute atomic E-state index is 0.145. The maximum Gasteiger partial charge on any atom is 0.267 e. The third-order valence-electron chi connectivity index (χ3n) is 4.64. The SMILES string of the molecule is COc1ccc(/C(=C/c2ccc(/C=C/C(=O)NO)cc2)C(=O)NC2CC2)cc1OC. The Morgan fingerprint density at radius 1 is 1.00 bits per heavy atom. The Labute approximate surface area is 175 Å². The summed E-state index contributed by atoms with van der Waals surface area (Å²) in [4.78, 5) is 24.0. The van der Waals surface area contributed by atoms with E-state index < -0.39 is 5.91 Å². The Morgan fingerprint density at radius 2 is 1.67 bits per heavy atom. The molecular formula is C23H24N2O5. The van der Waals surface area contributed by atoms with E-state index in [0.29, 0.717) is 17.1 Å². The largest absolute Gasteiger partial charge is 0.493 e. The highest BCUT2D eigenvalue weighted by molar-refractivity contribution is 6.24. The van der Waals surface area contributed by atoms with Gasteiger partial charge in [0.05, 0.1) is 14.2 Å². The van der Waals surface area contributed by atoms with Crippen LogP contribution in [0.2, 0.25) is 0 Å². The molecule has 0 aliphatic heterocycles. The molecule has 0 heterocycles. The van der Waals surface area contributed by atoms with Crippen molar-refractivity contribution in [2.75, 3.05) is 14.2 Å². The lowest BCUT2D eigenvalue weighted by Crippen LogP contribution is -2.26. The molecule has 7 heteroatoms. The molecule has 1 aliphatic carbocycles. The average Bonchev–Trinajstić information content (AvgIpc) is 3.59. The van der Waals surface area contributed by atoms with E-state index in [0.717, 1.165) is 29.5 Å². The van der Waals surface area contributed by atoms with Gasteiger partial charge >= 0.3 is 0 Å². The zero-order valence-corrected chi connectivity index (χ0v) is 16.8. The van der Waals surface area contributed by atoms with Gasteiger partial charge < -0.3 is 14.8 Å². The number of hydrogen-bond donors (Lipinski definition) is 3.